The number of halogens is 1. The van der Waals surface area contributed by atoms with Crippen LogP contribution in [0.2, 0.25) is 5.02 Å². The minimum atomic E-state index is -0.362. The van der Waals surface area contributed by atoms with Crippen LogP contribution in [0, 0.1) is 5.92 Å². The molecule has 1 atom stereocenters. The third kappa shape index (κ3) is 5.26. The predicted octanol–water partition coefficient (Wildman–Crippen LogP) is 3.58. The maximum atomic E-state index is 13.8. The second-order valence-electron chi connectivity index (χ2n) is 8.04. The van der Waals surface area contributed by atoms with Crippen LogP contribution < -0.4 is 10.9 Å². The third-order valence-electron chi connectivity index (χ3n) is 5.96. The van der Waals surface area contributed by atoms with E-state index in [4.69, 9.17) is 11.6 Å². The highest BCUT2D eigenvalue weighted by atomic mass is 35.5. The van der Waals surface area contributed by atoms with Crippen LogP contribution in [-0.4, -0.2) is 40.4 Å². The zero-order valence-electron chi connectivity index (χ0n) is 17.8. The van der Waals surface area contributed by atoms with E-state index < -0.39 is 0 Å². The van der Waals surface area contributed by atoms with Crippen molar-refractivity contribution in [3.8, 4) is 0 Å². The van der Waals surface area contributed by atoms with E-state index in [2.05, 4.69) is 15.3 Å². The van der Waals surface area contributed by atoms with Crippen molar-refractivity contribution in [2.24, 2.45) is 5.92 Å². The number of pyridine rings is 2. The molecule has 7 heteroatoms. The zero-order valence-corrected chi connectivity index (χ0v) is 18.6. The molecule has 2 N–H and O–H groups in total. The van der Waals surface area contributed by atoms with Crippen LogP contribution in [0.15, 0.2) is 71.8 Å². The molecular formula is C25H27ClN4O2. The van der Waals surface area contributed by atoms with Gasteiger partial charge in [0.2, 0.25) is 5.91 Å². The van der Waals surface area contributed by atoms with E-state index in [-0.39, 0.29) is 23.4 Å². The number of nitrogens with one attached hydrogen (secondary N) is 2. The summed E-state index contributed by atoms with van der Waals surface area (Å²) in [5, 5.41) is 3.97. The second-order valence-corrected chi connectivity index (χ2v) is 8.48. The van der Waals surface area contributed by atoms with Crippen LogP contribution in [0.5, 0.6) is 0 Å². The molecule has 1 aliphatic heterocycles. The molecule has 1 aromatic carbocycles. The third-order valence-corrected chi connectivity index (χ3v) is 6.21. The lowest BCUT2D eigenvalue weighted by molar-refractivity contribution is -0.138. The SMILES string of the molecule is O=C(C1CCNCC1)N(CCc1ccc[nH]c1=O)[C@H](c1ccc(Cl)cc1)c1ccccn1. The Kier molecular flexibility index (Phi) is 7.35. The molecule has 32 heavy (non-hydrogen) atoms. The number of carbonyl (C=O) groups excluding carboxylic acids is 1. The van der Waals surface area contributed by atoms with Crippen LogP contribution in [-0.2, 0) is 11.2 Å². The van der Waals surface area contributed by atoms with E-state index in [0.717, 1.165) is 37.2 Å². The number of nitrogens with zero attached hydrogens (tertiary/aromatic N) is 2. The van der Waals surface area contributed by atoms with Crippen LogP contribution in [0.4, 0.5) is 0 Å². The molecule has 0 saturated carbocycles. The number of H-pyrrole nitrogens is 1. The highest BCUT2D eigenvalue weighted by molar-refractivity contribution is 6.30. The zero-order chi connectivity index (χ0) is 22.3. The maximum absolute atomic E-state index is 13.8. The lowest BCUT2D eigenvalue weighted by Gasteiger charge is -2.36. The van der Waals surface area contributed by atoms with Crippen LogP contribution in [0.25, 0.3) is 0 Å². The number of aromatic nitrogens is 2. The molecule has 4 rings (SSSR count). The molecule has 1 saturated heterocycles. The van der Waals surface area contributed by atoms with Gasteiger partial charge in [-0.25, -0.2) is 0 Å². The summed E-state index contributed by atoms with van der Waals surface area (Å²) < 4.78 is 0. The van der Waals surface area contributed by atoms with Gasteiger partial charge in [-0.3, -0.25) is 14.6 Å². The number of aromatic amines is 1. The first-order chi connectivity index (χ1) is 15.6. The molecule has 3 aromatic rings. The lowest BCUT2D eigenvalue weighted by atomic mass is 9.93. The van der Waals surface area contributed by atoms with Gasteiger partial charge in [-0.2, -0.15) is 0 Å². The molecule has 166 valence electrons. The van der Waals surface area contributed by atoms with Gasteiger partial charge in [0.15, 0.2) is 0 Å². The van der Waals surface area contributed by atoms with Gasteiger partial charge in [-0.1, -0.05) is 35.9 Å². The molecule has 0 aliphatic carbocycles. The first kappa shape index (κ1) is 22.2. The molecule has 1 amide bonds. The smallest absolute Gasteiger partial charge is 0.251 e. The van der Waals surface area contributed by atoms with Gasteiger partial charge in [-0.05, 0) is 68.2 Å². The molecule has 0 bridgehead atoms. The normalized spacial score (nSPS) is 15.3. The van der Waals surface area contributed by atoms with Gasteiger partial charge in [-0.15, -0.1) is 0 Å². The minimum Gasteiger partial charge on any atom is -0.329 e. The number of hydrogen-bond acceptors (Lipinski definition) is 4. The number of piperidine rings is 1. The van der Waals surface area contributed by atoms with Crippen LogP contribution >= 0.6 is 11.6 Å². The molecule has 1 fully saturated rings. The predicted molar refractivity (Wildman–Crippen MR) is 126 cm³/mol. The van der Waals surface area contributed by atoms with Gasteiger partial charge in [0.1, 0.15) is 0 Å². The molecule has 0 spiro atoms. The van der Waals surface area contributed by atoms with Gasteiger partial charge >= 0.3 is 0 Å². The summed E-state index contributed by atoms with van der Waals surface area (Å²) in [7, 11) is 0. The van der Waals surface area contributed by atoms with Crippen molar-refractivity contribution in [1.29, 1.82) is 0 Å². The van der Waals surface area contributed by atoms with Gasteiger partial charge in [0, 0.05) is 35.4 Å². The summed E-state index contributed by atoms with van der Waals surface area (Å²) in [4.78, 5) is 35.3. The fourth-order valence-electron chi connectivity index (χ4n) is 4.26. The Morgan fingerprint density at radius 3 is 2.56 bits per heavy atom. The van der Waals surface area contributed by atoms with Crippen molar-refractivity contribution in [3.63, 3.8) is 0 Å². The molecule has 0 radical (unpaired) electrons. The Labute approximate surface area is 192 Å². The Bertz CT molecular complexity index is 1080. The van der Waals surface area contributed by atoms with Crippen molar-refractivity contribution in [3.05, 3.63) is 99.2 Å². The van der Waals surface area contributed by atoms with Gasteiger partial charge in [0.05, 0.1) is 11.7 Å². The average Bonchev–Trinajstić information content (AvgIpc) is 2.84. The van der Waals surface area contributed by atoms with Crippen molar-refractivity contribution in [1.82, 2.24) is 20.2 Å². The first-order valence-electron chi connectivity index (χ1n) is 11.0. The van der Waals surface area contributed by atoms with Gasteiger partial charge < -0.3 is 15.2 Å². The second kappa shape index (κ2) is 10.6. The minimum absolute atomic E-state index is 0.0520. The van der Waals surface area contributed by atoms with Crippen LogP contribution in [0.3, 0.4) is 0 Å². The van der Waals surface area contributed by atoms with Crippen molar-refractivity contribution in [2.45, 2.75) is 25.3 Å². The molecule has 2 aromatic heterocycles. The lowest BCUT2D eigenvalue weighted by Crippen LogP contribution is -2.44. The number of carbonyl (C=O) groups is 1. The Morgan fingerprint density at radius 1 is 1.09 bits per heavy atom. The monoisotopic (exact) mass is 450 g/mol. The summed E-state index contributed by atoms with van der Waals surface area (Å²) in [6, 6.07) is 16.6. The van der Waals surface area contributed by atoms with Crippen molar-refractivity contribution in [2.75, 3.05) is 19.6 Å². The number of benzene rings is 1. The van der Waals surface area contributed by atoms with E-state index in [1.807, 2.05) is 59.5 Å². The molecule has 1 aliphatic rings. The number of rotatable bonds is 7. The fourth-order valence-corrected chi connectivity index (χ4v) is 4.38. The van der Waals surface area contributed by atoms with E-state index >= 15 is 0 Å². The molecule has 0 unspecified atom stereocenters. The van der Waals surface area contributed by atoms with Gasteiger partial charge in [0.25, 0.3) is 5.56 Å². The van der Waals surface area contributed by atoms with Crippen molar-refractivity contribution < 1.29 is 4.79 Å². The van der Waals surface area contributed by atoms with Crippen LogP contribution in [0.1, 0.15) is 35.7 Å². The molecule has 6 nitrogen and oxygen atoms in total. The molecule has 3 heterocycles. The summed E-state index contributed by atoms with van der Waals surface area (Å²) in [6.07, 6.45) is 5.43. The highest BCUT2D eigenvalue weighted by Crippen LogP contribution is 2.31. The van der Waals surface area contributed by atoms with E-state index in [1.54, 1.807) is 12.4 Å². The number of hydrogen-bond donors (Lipinski definition) is 2. The Hall–Kier alpha value is -2.96. The Balaban J connectivity index is 1.73. The summed E-state index contributed by atoms with van der Waals surface area (Å²) in [6.45, 7) is 2.08. The summed E-state index contributed by atoms with van der Waals surface area (Å²) in [5.41, 5.74) is 2.27. The fraction of sp³-hybridized carbons (Fsp3) is 0.320. The largest absolute Gasteiger partial charge is 0.329 e. The first-order valence-corrected chi connectivity index (χ1v) is 11.4. The highest BCUT2D eigenvalue weighted by Gasteiger charge is 2.33. The van der Waals surface area contributed by atoms with E-state index in [0.29, 0.717) is 23.6 Å². The summed E-state index contributed by atoms with van der Waals surface area (Å²) in [5.74, 6) is 0.0493. The summed E-state index contributed by atoms with van der Waals surface area (Å²) >= 11 is 6.14. The van der Waals surface area contributed by atoms with E-state index in [1.165, 1.54) is 0 Å². The standard InChI is InChI=1S/C25H27ClN4O2/c26-21-8-6-18(7-9-21)23(22-5-1-2-13-28-22)30(25(32)20-10-15-27-16-11-20)17-12-19-4-3-14-29-24(19)31/h1-9,13-14,20,23,27H,10-12,15-17H2,(H,29,31)/t23-/m1/s1. The Morgan fingerprint density at radius 2 is 1.88 bits per heavy atom. The topological polar surface area (TPSA) is 78.1 Å². The van der Waals surface area contributed by atoms with Crippen molar-refractivity contribution >= 4 is 17.5 Å². The maximum Gasteiger partial charge on any atom is 0.251 e. The molecular weight excluding hydrogens is 424 g/mol. The average molecular weight is 451 g/mol. The quantitative estimate of drug-likeness (QED) is 0.576. The van der Waals surface area contributed by atoms with E-state index in [9.17, 15) is 9.59 Å². The number of amides is 1.